The molecule has 0 aliphatic rings. The number of anilines is 1. The maximum atomic E-state index is 13.2. The van der Waals surface area contributed by atoms with Gasteiger partial charge < -0.3 is 5.32 Å². The van der Waals surface area contributed by atoms with Crippen molar-refractivity contribution in [2.45, 2.75) is 13.1 Å². The Hall–Kier alpha value is -3.86. The first-order chi connectivity index (χ1) is 15.3. The molecule has 0 spiro atoms. The number of benzene rings is 1. The van der Waals surface area contributed by atoms with E-state index in [0.29, 0.717) is 27.9 Å². The Balaban J connectivity index is 1.56. The number of fused-ring (bicyclic) bond motifs is 2. The number of nitrogens with one attached hydrogen (secondary N) is 1. The molecule has 0 unspecified atom stereocenters. The van der Waals surface area contributed by atoms with Gasteiger partial charge in [0.1, 0.15) is 5.82 Å². The number of carbonyl (C=O) groups excluding carboxylic acids is 1. The third kappa shape index (κ3) is 3.56. The number of halogens is 3. The number of amides is 1. The lowest BCUT2D eigenvalue weighted by molar-refractivity contribution is -0.144. The van der Waals surface area contributed by atoms with E-state index >= 15 is 0 Å². The second-order valence-corrected chi connectivity index (χ2v) is 7.88. The highest BCUT2D eigenvalue weighted by atomic mass is 32.1. The summed E-state index contributed by atoms with van der Waals surface area (Å²) in [5.74, 6) is -1.95. The van der Waals surface area contributed by atoms with E-state index in [0.717, 1.165) is 9.39 Å². The molecule has 4 aromatic heterocycles. The summed E-state index contributed by atoms with van der Waals surface area (Å²) in [6, 6.07) is 14.2. The molecule has 5 rings (SSSR count). The molecule has 0 saturated carbocycles. The quantitative estimate of drug-likeness (QED) is 0.416. The van der Waals surface area contributed by atoms with E-state index in [1.807, 2.05) is 29.6 Å². The summed E-state index contributed by atoms with van der Waals surface area (Å²) in [5, 5.41) is 8.67. The van der Waals surface area contributed by atoms with Crippen LogP contribution in [-0.4, -0.2) is 30.5 Å². The Morgan fingerprint density at radius 1 is 1.06 bits per heavy atom. The lowest BCUT2D eigenvalue weighted by Crippen LogP contribution is -2.15. The highest BCUT2D eigenvalue weighted by Gasteiger charge is 2.36. The van der Waals surface area contributed by atoms with Crippen LogP contribution in [0.15, 0.2) is 53.9 Å². The molecule has 0 radical (unpaired) electrons. The molecule has 0 fully saturated rings. The fraction of sp³-hybridized carbons (Fsp3) is 0.0952. The van der Waals surface area contributed by atoms with Crippen molar-refractivity contribution in [1.29, 1.82) is 0 Å². The van der Waals surface area contributed by atoms with Gasteiger partial charge in [0.25, 0.3) is 17.5 Å². The molecule has 1 aromatic carbocycles. The summed E-state index contributed by atoms with van der Waals surface area (Å²) in [6.45, 7) is 1.55. The van der Waals surface area contributed by atoms with Crippen LogP contribution in [0.4, 0.5) is 19.0 Å². The molecule has 11 heteroatoms. The van der Waals surface area contributed by atoms with Gasteiger partial charge in [0, 0.05) is 17.1 Å². The first-order valence-corrected chi connectivity index (χ1v) is 10.2. The molecule has 0 aliphatic carbocycles. The Morgan fingerprint density at radius 3 is 2.62 bits per heavy atom. The number of hydrogen-bond donors (Lipinski definition) is 1. The molecule has 0 saturated heterocycles. The average Bonchev–Trinajstić information content (AvgIpc) is 3.43. The lowest BCUT2D eigenvalue weighted by Gasteiger charge is -2.10. The van der Waals surface area contributed by atoms with Crippen molar-refractivity contribution in [3.05, 3.63) is 71.0 Å². The Bertz CT molecular complexity index is 1480. The van der Waals surface area contributed by atoms with Gasteiger partial charge in [-0.25, -0.2) is 9.50 Å². The van der Waals surface area contributed by atoms with E-state index < -0.39 is 17.9 Å². The average molecular weight is 454 g/mol. The smallest absolute Gasteiger partial charge is 0.306 e. The monoisotopic (exact) mass is 454 g/mol. The van der Waals surface area contributed by atoms with Crippen LogP contribution in [0.25, 0.3) is 27.3 Å². The minimum absolute atomic E-state index is 0.0692. The van der Waals surface area contributed by atoms with Gasteiger partial charge in [0.2, 0.25) is 0 Å². The molecule has 1 amide bonds. The lowest BCUT2D eigenvalue weighted by atomic mass is 10.1. The van der Waals surface area contributed by atoms with Crippen LogP contribution in [0.5, 0.6) is 0 Å². The largest absolute Gasteiger partial charge is 0.453 e. The summed E-state index contributed by atoms with van der Waals surface area (Å²) in [6.07, 6.45) is -4.70. The van der Waals surface area contributed by atoms with Gasteiger partial charge in [-0.3, -0.25) is 4.79 Å². The Labute approximate surface area is 182 Å². The maximum absolute atomic E-state index is 13.2. The Kier molecular flexibility index (Phi) is 4.63. The fourth-order valence-electron chi connectivity index (χ4n) is 3.29. The SMILES string of the molecule is Cc1cc(NC(=O)c2cc(-c3cccs3)nc3ccccc23)nc2nc(C(F)(F)F)nn12. The summed E-state index contributed by atoms with van der Waals surface area (Å²) < 4.78 is 39.8. The molecule has 5 aromatic rings. The molecular weight excluding hydrogens is 441 g/mol. The molecule has 7 nitrogen and oxygen atoms in total. The van der Waals surface area contributed by atoms with Crippen LogP contribution in [0.3, 0.4) is 0 Å². The van der Waals surface area contributed by atoms with Gasteiger partial charge >= 0.3 is 6.18 Å². The van der Waals surface area contributed by atoms with Crippen LogP contribution in [0, 0.1) is 6.92 Å². The van der Waals surface area contributed by atoms with Gasteiger partial charge in [-0.1, -0.05) is 24.3 Å². The zero-order valence-electron chi connectivity index (χ0n) is 16.4. The molecule has 160 valence electrons. The van der Waals surface area contributed by atoms with Crippen molar-refractivity contribution >= 4 is 39.7 Å². The number of pyridine rings is 1. The van der Waals surface area contributed by atoms with Crippen molar-refractivity contribution in [3.63, 3.8) is 0 Å². The van der Waals surface area contributed by atoms with Crippen molar-refractivity contribution in [2.24, 2.45) is 0 Å². The zero-order chi connectivity index (χ0) is 22.5. The normalized spacial score (nSPS) is 11.9. The van der Waals surface area contributed by atoms with Crippen LogP contribution < -0.4 is 5.32 Å². The van der Waals surface area contributed by atoms with E-state index in [1.54, 1.807) is 25.1 Å². The van der Waals surface area contributed by atoms with Crippen LogP contribution in [-0.2, 0) is 6.18 Å². The number of para-hydroxylation sites is 1. The molecule has 0 bridgehead atoms. The number of rotatable bonds is 3. The topological polar surface area (TPSA) is 85.1 Å². The standard InChI is InChI=1S/C21H13F3N6OS/c1-11-9-17(27-20-28-19(21(22,23)24)29-30(11)20)26-18(31)13-10-15(16-7-4-8-32-16)25-14-6-3-2-5-12(13)14/h2-10H,1H3,(H,26,27,28,29,31). The second kappa shape index (κ2) is 7.38. The van der Waals surface area contributed by atoms with Crippen molar-refractivity contribution < 1.29 is 18.0 Å². The zero-order valence-corrected chi connectivity index (χ0v) is 17.2. The van der Waals surface area contributed by atoms with E-state index in [1.165, 1.54) is 17.4 Å². The van der Waals surface area contributed by atoms with Crippen molar-refractivity contribution in [1.82, 2.24) is 24.6 Å². The van der Waals surface area contributed by atoms with Crippen LogP contribution >= 0.6 is 11.3 Å². The highest BCUT2D eigenvalue weighted by Crippen LogP contribution is 2.29. The summed E-state index contributed by atoms with van der Waals surface area (Å²) >= 11 is 1.50. The summed E-state index contributed by atoms with van der Waals surface area (Å²) in [5.41, 5.74) is 2.01. The first kappa shape index (κ1) is 20.1. The third-order valence-electron chi connectivity index (χ3n) is 4.72. The van der Waals surface area contributed by atoms with E-state index in [9.17, 15) is 18.0 Å². The maximum Gasteiger partial charge on any atom is 0.453 e. The number of aryl methyl sites for hydroxylation is 1. The van der Waals surface area contributed by atoms with Crippen LogP contribution in [0.2, 0.25) is 0 Å². The van der Waals surface area contributed by atoms with E-state index in [2.05, 4.69) is 25.4 Å². The number of thiophene rings is 1. The predicted molar refractivity (Wildman–Crippen MR) is 114 cm³/mol. The van der Waals surface area contributed by atoms with Gasteiger partial charge in [0.05, 0.1) is 21.7 Å². The number of alkyl halides is 3. The number of aromatic nitrogens is 5. The molecule has 32 heavy (non-hydrogen) atoms. The van der Waals surface area contributed by atoms with Gasteiger partial charge in [-0.15, -0.1) is 16.4 Å². The predicted octanol–water partition coefficient (Wildman–Crippen LogP) is 4.98. The second-order valence-electron chi connectivity index (χ2n) is 6.93. The van der Waals surface area contributed by atoms with Gasteiger partial charge in [0.15, 0.2) is 0 Å². The molecule has 1 N–H and O–H groups in total. The minimum Gasteiger partial charge on any atom is -0.306 e. The molecule has 0 atom stereocenters. The van der Waals surface area contributed by atoms with E-state index in [4.69, 9.17) is 0 Å². The summed E-state index contributed by atoms with van der Waals surface area (Å²) in [7, 11) is 0. The summed E-state index contributed by atoms with van der Waals surface area (Å²) in [4.78, 5) is 26.2. The van der Waals surface area contributed by atoms with Crippen LogP contribution in [0.1, 0.15) is 21.9 Å². The number of carbonyl (C=O) groups is 1. The number of nitrogens with zero attached hydrogens (tertiary/aromatic N) is 5. The molecule has 0 aliphatic heterocycles. The van der Waals surface area contributed by atoms with Gasteiger partial charge in [-0.2, -0.15) is 23.1 Å². The minimum atomic E-state index is -4.70. The van der Waals surface area contributed by atoms with Crippen molar-refractivity contribution in [2.75, 3.05) is 5.32 Å². The third-order valence-corrected chi connectivity index (χ3v) is 5.61. The van der Waals surface area contributed by atoms with Crippen molar-refractivity contribution in [3.8, 4) is 10.6 Å². The number of hydrogen-bond acceptors (Lipinski definition) is 6. The molecular formula is C21H13F3N6OS. The Morgan fingerprint density at radius 2 is 1.88 bits per heavy atom. The highest BCUT2D eigenvalue weighted by molar-refractivity contribution is 7.13. The molecule has 4 heterocycles. The first-order valence-electron chi connectivity index (χ1n) is 9.36. The fourth-order valence-corrected chi connectivity index (χ4v) is 3.98. The van der Waals surface area contributed by atoms with E-state index in [-0.39, 0.29) is 11.6 Å². The van der Waals surface area contributed by atoms with Gasteiger partial charge in [-0.05, 0) is 30.5 Å².